The Labute approximate surface area is 114 Å². The molecular formula is C13H13N3O2S. The zero-order valence-electron chi connectivity index (χ0n) is 10.4. The molecule has 0 spiro atoms. The fourth-order valence-electron chi connectivity index (χ4n) is 2.07. The van der Waals surface area contributed by atoms with Crippen LogP contribution in [0.5, 0.6) is 5.75 Å². The summed E-state index contributed by atoms with van der Waals surface area (Å²) in [5, 5.41) is 0.670. The minimum atomic E-state index is 0.0437. The Kier molecular flexibility index (Phi) is 2.87. The van der Waals surface area contributed by atoms with E-state index >= 15 is 0 Å². The number of nitrogens with two attached hydrogens (primary N) is 1. The first-order chi connectivity index (χ1) is 9.16. The van der Waals surface area contributed by atoms with E-state index in [1.807, 2.05) is 18.2 Å². The Balaban J connectivity index is 2.10. The molecule has 2 aromatic rings. The highest BCUT2D eigenvalue weighted by Crippen LogP contribution is 2.36. The van der Waals surface area contributed by atoms with Gasteiger partial charge in [-0.15, -0.1) is 11.3 Å². The number of amides is 1. The molecule has 0 fully saturated rings. The lowest BCUT2D eigenvalue weighted by molar-refractivity contribution is -0.118. The molecular weight excluding hydrogens is 262 g/mol. The number of ether oxygens (including phenoxy) is 1. The number of hydrogen-bond donors (Lipinski definition) is 1. The van der Waals surface area contributed by atoms with Crippen molar-refractivity contribution >= 4 is 27.9 Å². The Morgan fingerprint density at radius 2 is 2.32 bits per heavy atom. The third-order valence-electron chi connectivity index (χ3n) is 3.14. The van der Waals surface area contributed by atoms with Crippen LogP contribution >= 0.6 is 11.3 Å². The number of thiazole rings is 1. The van der Waals surface area contributed by atoms with Crippen LogP contribution in [0.4, 0.5) is 10.7 Å². The predicted octanol–water partition coefficient (Wildman–Crippen LogP) is 2.14. The first kappa shape index (κ1) is 12.0. The Morgan fingerprint density at radius 1 is 1.47 bits per heavy atom. The summed E-state index contributed by atoms with van der Waals surface area (Å²) >= 11 is 1.40. The molecule has 0 saturated heterocycles. The first-order valence-corrected chi connectivity index (χ1v) is 6.77. The lowest BCUT2D eigenvalue weighted by Gasteiger charge is -2.17. The van der Waals surface area contributed by atoms with Gasteiger partial charge in [0.2, 0.25) is 5.91 Å². The van der Waals surface area contributed by atoms with Crippen LogP contribution < -0.4 is 15.4 Å². The zero-order chi connectivity index (χ0) is 13.4. The van der Waals surface area contributed by atoms with Gasteiger partial charge in [-0.25, -0.2) is 4.98 Å². The van der Waals surface area contributed by atoms with E-state index in [2.05, 4.69) is 4.98 Å². The molecule has 19 heavy (non-hydrogen) atoms. The normalized spacial score (nSPS) is 14.8. The van der Waals surface area contributed by atoms with Crippen molar-refractivity contribution in [3.8, 4) is 17.0 Å². The number of benzene rings is 1. The molecule has 3 rings (SSSR count). The molecule has 6 heteroatoms. The van der Waals surface area contributed by atoms with Crippen molar-refractivity contribution in [3.63, 3.8) is 0 Å². The second-order valence-electron chi connectivity index (χ2n) is 4.30. The quantitative estimate of drug-likeness (QED) is 0.865. The van der Waals surface area contributed by atoms with Crippen LogP contribution in [-0.4, -0.2) is 24.5 Å². The number of hydrogen-bond acceptors (Lipinski definition) is 5. The van der Waals surface area contributed by atoms with Crippen molar-refractivity contribution in [1.82, 2.24) is 4.98 Å². The molecule has 1 aliphatic heterocycles. The van der Waals surface area contributed by atoms with E-state index in [4.69, 9.17) is 10.5 Å². The third-order valence-corrected chi connectivity index (χ3v) is 3.79. The Bertz CT molecular complexity index is 639. The molecule has 0 saturated carbocycles. The zero-order valence-corrected chi connectivity index (χ0v) is 11.2. The molecule has 2 heterocycles. The fraction of sp³-hybridized carbons (Fsp3) is 0.231. The van der Waals surface area contributed by atoms with Gasteiger partial charge in [0.15, 0.2) is 0 Å². The number of aromatic nitrogens is 1. The number of fused-ring (bicyclic) bond motifs is 1. The standard InChI is InChI=1S/C13H13N3O2S/c1-16-9-6-8(12-13(14)19-7-15-12)2-3-10(9)18-5-4-11(16)17/h2-3,6-7H,4-5,14H2,1H3. The molecule has 0 atom stereocenters. The number of carbonyl (C=O) groups excluding carboxylic acids is 1. The van der Waals surface area contributed by atoms with Crippen LogP contribution in [0.3, 0.4) is 0 Å². The van der Waals surface area contributed by atoms with Gasteiger partial charge in [-0.1, -0.05) is 0 Å². The van der Waals surface area contributed by atoms with E-state index in [9.17, 15) is 4.79 Å². The van der Waals surface area contributed by atoms with Crippen LogP contribution in [0.25, 0.3) is 11.3 Å². The van der Waals surface area contributed by atoms with Crippen LogP contribution in [0, 0.1) is 0 Å². The number of anilines is 2. The summed E-state index contributed by atoms with van der Waals surface area (Å²) in [6, 6.07) is 5.66. The summed E-state index contributed by atoms with van der Waals surface area (Å²) in [6.07, 6.45) is 0.388. The van der Waals surface area contributed by atoms with Gasteiger partial charge >= 0.3 is 0 Å². The summed E-state index contributed by atoms with van der Waals surface area (Å²) in [5.41, 5.74) is 9.99. The van der Waals surface area contributed by atoms with Gasteiger partial charge in [-0.3, -0.25) is 4.79 Å². The van der Waals surface area contributed by atoms with Gasteiger partial charge in [-0.05, 0) is 18.2 Å². The Hall–Kier alpha value is -2.08. The maximum absolute atomic E-state index is 11.8. The lowest BCUT2D eigenvalue weighted by Crippen LogP contribution is -2.25. The summed E-state index contributed by atoms with van der Waals surface area (Å²) in [5.74, 6) is 0.757. The molecule has 0 aliphatic carbocycles. The average Bonchev–Trinajstić information content (AvgIpc) is 2.78. The number of nitrogens with zero attached hydrogens (tertiary/aromatic N) is 2. The summed E-state index contributed by atoms with van der Waals surface area (Å²) in [4.78, 5) is 17.7. The SMILES string of the molecule is CN1C(=O)CCOc2ccc(-c3ncsc3N)cc21. The number of nitrogen functional groups attached to an aromatic ring is 1. The van der Waals surface area contributed by atoms with Crippen molar-refractivity contribution in [2.24, 2.45) is 0 Å². The van der Waals surface area contributed by atoms with E-state index < -0.39 is 0 Å². The highest BCUT2D eigenvalue weighted by molar-refractivity contribution is 7.14. The average molecular weight is 275 g/mol. The summed E-state index contributed by atoms with van der Waals surface area (Å²) in [6.45, 7) is 0.411. The smallest absolute Gasteiger partial charge is 0.230 e. The van der Waals surface area contributed by atoms with Gasteiger partial charge in [0.25, 0.3) is 0 Å². The molecule has 1 amide bonds. The second kappa shape index (κ2) is 4.55. The minimum Gasteiger partial charge on any atom is -0.491 e. The molecule has 5 nitrogen and oxygen atoms in total. The highest BCUT2D eigenvalue weighted by atomic mass is 32.1. The van der Waals surface area contributed by atoms with Crippen LogP contribution in [0.1, 0.15) is 6.42 Å². The van der Waals surface area contributed by atoms with Crippen LogP contribution in [-0.2, 0) is 4.79 Å². The third kappa shape index (κ3) is 2.04. The summed E-state index contributed by atoms with van der Waals surface area (Å²) < 4.78 is 5.58. The molecule has 1 aliphatic rings. The molecule has 0 unspecified atom stereocenters. The highest BCUT2D eigenvalue weighted by Gasteiger charge is 2.21. The van der Waals surface area contributed by atoms with Crippen molar-refractivity contribution in [1.29, 1.82) is 0 Å². The number of carbonyl (C=O) groups is 1. The predicted molar refractivity (Wildman–Crippen MR) is 75.5 cm³/mol. The van der Waals surface area contributed by atoms with Gasteiger partial charge in [0, 0.05) is 12.6 Å². The molecule has 1 aromatic heterocycles. The molecule has 0 bridgehead atoms. The van der Waals surface area contributed by atoms with E-state index in [1.165, 1.54) is 11.3 Å². The molecule has 0 radical (unpaired) electrons. The number of rotatable bonds is 1. The van der Waals surface area contributed by atoms with Crippen molar-refractivity contribution in [3.05, 3.63) is 23.7 Å². The lowest BCUT2D eigenvalue weighted by atomic mass is 10.1. The van der Waals surface area contributed by atoms with Crippen molar-refractivity contribution in [2.45, 2.75) is 6.42 Å². The van der Waals surface area contributed by atoms with E-state index in [-0.39, 0.29) is 5.91 Å². The largest absolute Gasteiger partial charge is 0.491 e. The molecule has 1 aromatic carbocycles. The topological polar surface area (TPSA) is 68.5 Å². The van der Waals surface area contributed by atoms with Crippen LogP contribution in [0.2, 0.25) is 0 Å². The van der Waals surface area contributed by atoms with E-state index in [0.717, 1.165) is 16.9 Å². The van der Waals surface area contributed by atoms with Gasteiger partial charge in [0.05, 0.1) is 24.2 Å². The van der Waals surface area contributed by atoms with Crippen molar-refractivity contribution in [2.75, 3.05) is 24.3 Å². The molecule has 98 valence electrons. The minimum absolute atomic E-state index is 0.0437. The van der Waals surface area contributed by atoms with E-state index in [1.54, 1.807) is 17.5 Å². The maximum Gasteiger partial charge on any atom is 0.230 e. The Morgan fingerprint density at radius 3 is 3.05 bits per heavy atom. The van der Waals surface area contributed by atoms with Gasteiger partial charge in [0.1, 0.15) is 16.4 Å². The first-order valence-electron chi connectivity index (χ1n) is 5.89. The van der Waals surface area contributed by atoms with Crippen LogP contribution in [0.15, 0.2) is 23.7 Å². The fourth-order valence-corrected chi connectivity index (χ4v) is 2.63. The van der Waals surface area contributed by atoms with Crippen molar-refractivity contribution < 1.29 is 9.53 Å². The molecule has 2 N–H and O–H groups in total. The second-order valence-corrected chi connectivity index (χ2v) is 5.19. The summed E-state index contributed by atoms with van der Waals surface area (Å²) in [7, 11) is 1.75. The van der Waals surface area contributed by atoms with Gasteiger partial charge in [-0.2, -0.15) is 0 Å². The van der Waals surface area contributed by atoms with Gasteiger partial charge < -0.3 is 15.4 Å². The van der Waals surface area contributed by atoms with E-state index in [0.29, 0.717) is 23.8 Å². The maximum atomic E-state index is 11.8. The monoisotopic (exact) mass is 275 g/mol.